The molecule has 0 amide bonds. The second kappa shape index (κ2) is 11.1. The van der Waals surface area contributed by atoms with Gasteiger partial charge in [-0.25, -0.2) is 4.99 Å². The number of anilines is 1. The molecule has 0 spiro atoms. The van der Waals surface area contributed by atoms with Crippen LogP contribution in [-0.4, -0.2) is 30.8 Å². The molecule has 0 unspecified atom stereocenters. The maximum absolute atomic E-state index is 12.3. The molecule has 2 N–H and O–H groups in total. The number of hydrogen-bond donors (Lipinski definition) is 2. The van der Waals surface area contributed by atoms with Crippen LogP contribution >= 0.6 is 0 Å². The number of carbonyl (C=O) groups is 2. The number of ether oxygens (including phenoxy) is 2. The van der Waals surface area contributed by atoms with Crippen molar-refractivity contribution in [3.8, 4) is 0 Å². The van der Waals surface area contributed by atoms with Crippen molar-refractivity contribution in [1.82, 2.24) is 0 Å². The van der Waals surface area contributed by atoms with Gasteiger partial charge >= 0.3 is 17.6 Å². The number of esters is 2. The highest BCUT2D eigenvalue weighted by atomic mass is 16.6. The van der Waals surface area contributed by atoms with Crippen molar-refractivity contribution in [3.63, 3.8) is 0 Å². The van der Waals surface area contributed by atoms with E-state index in [0.717, 1.165) is 65.6 Å². The normalized spacial score (nSPS) is 13.8. The zero-order chi connectivity index (χ0) is 23.0. The SMILES string of the molecule is C=c1ccc2cccc3c2c1=[NH+]C(COC(=O)CCCCC)(COC(=O)CCCCC)N3. The maximum Gasteiger partial charge on any atom is 0.306 e. The van der Waals surface area contributed by atoms with E-state index in [4.69, 9.17) is 9.47 Å². The summed E-state index contributed by atoms with van der Waals surface area (Å²) in [6.07, 6.45) is 6.45. The Kier molecular flexibility index (Phi) is 8.26. The van der Waals surface area contributed by atoms with E-state index in [1.807, 2.05) is 30.3 Å². The Morgan fingerprint density at radius 3 is 2.16 bits per heavy atom. The first-order valence-electron chi connectivity index (χ1n) is 11.7. The Balaban J connectivity index is 1.86. The molecule has 0 bridgehead atoms. The van der Waals surface area contributed by atoms with Gasteiger partial charge in [-0.2, -0.15) is 0 Å². The average molecular weight is 440 g/mol. The fourth-order valence-corrected chi connectivity index (χ4v) is 3.97. The molecule has 0 atom stereocenters. The van der Waals surface area contributed by atoms with Crippen LogP contribution in [0.3, 0.4) is 0 Å². The van der Waals surface area contributed by atoms with Gasteiger partial charge in [0, 0.05) is 18.1 Å². The van der Waals surface area contributed by atoms with E-state index >= 15 is 0 Å². The maximum atomic E-state index is 12.3. The average Bonchev–Trinajstić information content (AvgIpc) is 2.79. The second-order valence-electron chi connectivity index (χ2n) is 8.57. The summed E-state index contributed by atoms with van der Waals surface area (Å²) < 4.78 is 11.3. The first-order valence-corrected chi connectivity index (χ1v) is 11.7. The number of benzene rings is 2. The van der Waals surface area contributed by atoms with Gasteiger partial charge < -0.3 is 14.8 Å². The Morgan fingerprint density at radius 2 is 1.56 bits per heavy atom. The van der Waals surface area contributed by atoms with Crippen molar-refractivity contribution in [2.75, 3.05) is 18.5 Å². The smallest absolute Gasteiger partial charge is 0.306 e. The minimum Gasteiger partial charge on any atom is -0.456 e. The molecule has 3 rings (SSSR count). The standard InChI is InChI=1S/C26H34N2O4/c1-4-6-8-13-22(29)31-17-26(18-32-23(30)14-9-7-5-2)27-21-12-10-11-20-16-15-19(3)25(28-26)24(20)21/h10-12,15-16,27H,3-9,13-14,17-18H2,1-2H3/p+1. The van der Waals surface area contributed by atoms with Crippen LogP contribution in [0.2, 0.25) is 0 Å². The van der Waals surface area contributed by atoms with Crippen molar-refractivity contribution in [2.24, 2.45) is 0 Å². The minimum atomic E-state index is -0.962. The predicted molar refractivity (Wildman–Crippen MR) is 125 cm³/mol. The van der Waals surface area contributed by atoms with E-state index in [1.165, 1.54) is 0 Å². The van der Waals surface area contributed by atoms with Crippen molar-refractivity contribution in [2.45, 2.75) is 70.9 Å². The summed E-state index contributed by atoms with van der Waals surface area (Å²) >= 11 is 0. The molecular formula is C26H35N2O4+. The largest absolute Gasteiger partial charge is 0.456 e. The molecule has 1 aliphatic rings. The first-order chi connectivity index (χ1) is 15.5. The third-order valence-electron chi connectivity index (χ3n) is 5.80. The monoisotopic (exact) mass is 439 g/mol. The van der Waals surface area contributed by atoms with Crippen molar-refractivity contribution >= 4 is 35.0 Å². The van der Waals surface area contributed by atoms with Crippen molar-refractivity contribution in [1.29, 1.82) is 0 Å². The highest BCUT2D eigenvalue weighted by Crippen LogP contribution is 2.23. The van der Waals surface area contributed by atoms with Crippen LogP contribution in [0.4, 0.5) is 5.69 Å². The minimum absolute atomic E-state index is 0.0321. The number of nitrogens with one attached hydrogen (secondary N) is 2. The molecule has 172 valence electrons. The van der Waals surface area contributed by atoms with Gasteiger partial charge in [0.1, 0.15) is 0 Å². The Labute approximate surface area is 189 Å². The number of hydrogen-bond acceptors (Lipinski definition) is 5. The summed E-state index contributed by atoms with van der Waals surface area (Å²) in [5.41, 5.74) is -0.0681. The van der Waals surface area contributed by atoms with E-state index in [-0.39, 0.29) is 25.2 Å². The fourth-order valence-electron chi connectivity index (χ4n) is 3.97. The molecular weight excluding hydrogens is 404 g/mol. The Morgan fingerprint density at radius 1 is 0.938 bits per heavy atom. The summed E-state index contributed by atoms with van der Waals surface area (Å²) in [6.45, 7) is 8.42. The van der Waals surface area contributed by atoms with Crippen LogP contribution in [0.1, 0.15) is 65.2 Å². The molecule has 32 heavy (non-hydrogen) atoms. The zero-order valence-corrected chi connectivity index (χ0v) is 19.3. The molecule has 0 radical (unpaired) electrons. The van der Waals surface area contributed by atoms with Gasteiger partial charge in [-0.15, -0.1) is 0 Å². The predicted octanol–water partition coefficient (Wildman–Crippen LogP) is 2.32. The highest BCUT2D eigenvalue weighted by Gasteiger charge is 2.42. The summed E-state index contributed by atoms with van der Waals surface area (Å²) in [5, 5.41) is 7.25. The fraction of sp³-hybridized carbons (Fsp3) is 0.500. The Bertz CT molecular complexity index is 1040. The van der Waals surface area contributed by atoms with E-state index in [9.17, 15) is 9.59 Å². The van der Waals surface area contributed by atoms with Gasteiger partial charge in [-0.1, -0.05) is 64.3 Å². The second-order valence-corrected chi connectivity index (χ2v) is 8.57. The quantitative estimate of drug-likeness (QED) is 0.392. The third kappa shape index (κ3) is 5.87. The van der Waals surface area contributed by atoms with Gasteiger partial charge in [0.05, 0.1) is 11.1 Å². The topological polar surface area (TPSA) is 78.6 Å². The number of carbonyl (C=O) groups excluding carboxylic acids is 2. The van der Waals surface area contributed by atoms with Crippen molar-refractivity contribution in [3.05, 3.63) is 40.9 Å². The lowest BCUT2D eigenvalue weighted by Crippen LogP contribution is -2.98. The summed E-state index contributed by atoms with van der Waals surface area (Å²) in [6, 6.07) is 9.98. The lowest BCUT2D eigenvalue weighted by atomic mass is 10.0. The first kappa shape index (κ1) is 23.8. The highest BCUT2D eigenvalue weighted by molar-refractivity contribution is 5.94. The zero-order valence-electron chi connectivity index (χ0n) is 19.3. The van der Waals surface area contributed by atoms with Crippen molar-refractivity contribution < 1.29 is 24.1 Å². The molecule has 0 aliphatic carbocycles. The number of rotatable bonds is 12. The molecule has 6 heteroatoms. The van der Waals surface area contributed by atoms with E-state index < -0.39 is 5.66 Å². The number of unbranched alkanes of at least 4 members (excludes halogenated alkanes) is 4. The van der Waals surface area contributed by atoms with Gasteiger partial charge in [0.25, 0.3) is 0 Å². The van der Waals surface area contributed by atoms with Gasteiger partial charge in [0.15, 0.2) is 13.2 Å². The van der Waals surface area contributed by atoms with E-state index in [2.05, 4.69) is 30.7 Å². The molecule has 0 aromatic heterocycles. The van der Waals surface area contributed by atoms with E-state index in [1.54, 1.807) is 0 Å². The molecule has 2 aromatic rings. The summed E-state index contributed by atoms with van der Waals surface area (Å²) in [7, 11) is 0. The van der Waals surface area contributed by atoms with E-state index in [0.29, 0.717) is 12.8 Å². The summed E-state index contributed by atoms with van der Waals surface area (Å²) in [4.78, 5) is 28.1. The Hall–Kier alpha value is -2.89. The van der Waals surface area contributed by atoms with Crippen LogP contribution in [0.15, 0.2) is 30.3 Å². The van der Waals surface area contributed by atoms with Crippen LogP contribution < -0.4 is 20.9 Å². The lowest BCUT2D eigenvalue weighted by Gasteiger charge is -2.29. The third-order valence-corrected chi connectivity index (χ3v) is 5.80. The van der Waals surface area contributed by atoms with Crippen LogP contribution in [0.25, 0.3) is 17.4 Å². The van der Waals surface area contributed by atoms with Gasteiger partial charge in [-0.05, 0) is 30.4 Å². The molecule has 0 saturated carbocycles. The molecule has 0 saturated heterocycles. The lowest BCUT2D eigenvalue weighted by molar-refractivity contribution is -0.589. The molecule has 6 nitrogen and oxygen atoms in total. The van der Waals surface area contributed by atoms with Crippen LogP contribution in [0, 0.1) is 0 Å². The van der Waals surface area contributed by atoms with Crippen LogP contribution in [0.5, 0.6) is 0 Å². The molecule has 1 heterocycles. The molecule has 0 fully saturated rings. The molecule has 2 aromatic carbocycles. The molecule has 1 aliphatic heterocycles. The van der Waals surface area contributed by atoms with Crippen LogP contribution in [-0.2, 0) is 19.1 Å². The van der Waals surface area contributed by atoms with Gasteiger partial charge in [-0.3, -0.25) is 9.59 Å². The summed E-state index contributed by atoms with van der Waals surface area (Å²) in [5.74, 6) is -0.495. The van der Waals surface area contributed by atoms with Gasteiger partial charge in [0.2, 0.25) is 5.36 Å².